The Bertz CT molecular complexity index is 759. The van der Waals surface area contributed by atoms with Crippen LogP contribution >= 0.6 is 0 Å². The Hall–Kier alpha value is -3.42. The summed E-state index contributed by atoms with van der Waals surface area (Å²) < 4.78 is 4.87. The first kappa shape index (κ1) is 16.0. The highest BCUT2D eigenvalue weighted by Gasteiger charge is 2.19. The minimum Gasteiger partial charge on any atom is -0.500 e. The van der Waals surface area contributed by atoms with Gasteiger partial charge in [0.25, 0.3) is 5.91 Å². The quantitative estimate of drug-likeness (QED) is 0.498. The lowest BCUT2D eigenvalue weighted by Gasteiger charge is -2.05. The van der Waals surface area contributed by atoms with E-state index >= 15 is 0 Å². The Balaban J connectivity index is 2.18. The van der Waals surface area contributed by atoms with Gasteiger partial charge in [-0.05, 0) is 18.2 Å². The van der Waals surface area contributed by atoms with Crippen molar-refractivity contribution in [2.75, 3.05) is 7.11 Å². The average molecular weight is 315 g/mol. The van der Waals surface area contributed by atoms with E-state index in [9.17, 15) is 20.0 Å². The minimum atomic E-state index is -0.738. The van der Waals surface area contributed by atoms with Crippen LogP contribution in [-0.4, -0.2) is 29.3 Å². The molecule has 0 bridgehead atoms. The van der Waals surface area contributed by atoms with E-state index in [1.54, 1.807) is 30.3 Å². The minimum absolute atomic E-state index is 0.0602. The van der Waals surface area contributed by atoms with Crippen LogP contribution in [0.5, 0.6) is 11.5 Å². The molecule has 0 unspecified atom stereocenters. The van der Waals surface area contributed by atoms with Crippen LogP contribution in [0.3, 0.4) is 0 Å². The molecule has 0 aliphatic rings. The molecule has 0 radical (unpaired) electrons. The third-order valence-corrected chi connectivity index (χ3v) is 2.91. The van der Waals surface area contributed by atoms with Gasteiger partial charge in [0, 0.05) is 17.2 Å². The number of hydrogen-bond acceptors (Lipinski definition) is 6. The van der Waals surface area contributed by atoms with E-state index in [4.69, 9.17) is 4.74 Å². The predicted octanol–water partition coefficient (Wildman–Crippen LogP) is 2.07. The Labute approximate surface area is 131 Å². The smallest absolute Gasteiger partial charge is 0.315 e. The SMILES string of the molecule is COc1cc(/C=N/NC(=O)c2ccccc2)cc([N+](=O)[O-])c1O. The third kappa shape index (κ3) is 3.82. The Morgan fingerprint density at radius 3 is 2.65 bits per heavy atom. The van der Waals surface area contributed by atoms with Crippen molar-refractivity contribution in [1.29, 1.82) is 0 Å². The molecule has 2 aromatic rings. The van der Waals surface area contributed by atoms with Gasteiger partial charge in [0.05, 0.1) is 18.2 Å². The van der Waals surface area contributed by atoms with Crippen LogP contribution in [0.4, 0.5) is 5.69 Å². The lowest BCUT2D eigenvalue weighted by molar-refractivity contribution is -0.386. The van der Waals surface area contributed by atoms with E-state index in [-0.39, 0.29) is 5.75 Å². The van der Waals surface area contributed by atoms with Crippen LogP contribution in [0.25, 0.3) is 0 Å². The van der Waals surface area contributed by atoms with Gasteiger partial charge in [0.2, 0.25) is 5.75 Å². The molecule has 0 saturated heterocycles. The van der Waals surface area contributed by atoms with Crippen LogP contribution in [0.1, 0.15) is 15.9 Å². The lowest BCUT2D eigenvalue weighted by Crippen LogP contribution is -2.17. The molecule has 0 saturated carbocycles. The molecule has 0 aliphatic carbocycles. The number of nitrogens with zero attached hydrogens (tertiary/aromatic N) is 2. The zero-order valence-corrected chi connectivity index (χ0v) is 12.1. The number of nitro benzene ring substituents is 1. The van der Waals surface area contributed by atoms with Gasteiger partial charge in [-0.3, -0.25) is 14.9 Å². The van der Waals surface area contributed by atoms with E-state index in [0.29, 0.717) is 11.1 Å². The molecule has 2 N–H and O–H groups in total. The van der Waals surface area contributed by atoms with Crippen molar-refractivity contribution in [2.45, 2.75) is 0 Å². The van der Waals surface area contributed by atoms with E-state index in [1.807, 2.05) is 0 Å². The number of benzene rings is 2. The Kier molecular flexibility index (Phi) is 4.88. The van der Waals surface area contributed by atoms with Gasteiger partial charge >= 0.3 is 5.69 Å². The second-order valence-corrected chi connectivity index (χ2v) is 4.41. The monoisotopic (exact) mass is 315 g/mol. The second-order valence-electron chi connectivity index (χ2n) is 4.41. The zero-order valence-electron chi connectivity index (χ0n) is 12.1. The molecule has 2 aromatic carbocycles. The Morgan fingerprint density at radius 2 is 2.04 bits per heavy atom. The summed E-state index contributed by atoms with van der Waals surface area (Å²) >= 11 is 0. The van der Waals surface area contributed by atoms with Gasteiger partial charge in [-0.1, -0.05) is 18.2 Å². The molecule has 118 valence electrons. The lowest BCUT2D eigenvalue weighted by atomic mass is 10.2. The first-order valence-corrected chi connectivity index (χ1v) is 6.46. The highest BCUT2D eigenvalue weighted by molar-refractivity contribution is 5.95. The number of rotatable bonds is 5. The van der Waals surface area contributed by atoms with Crippen LogP contribution < -0.4 is 10.2 Å². The maximum absolute atomic E-state index is 11.8. The fourth-order valence-corrected chi connectivity index (χ4v) is 1.80. The number of nitro groups is 1. The topological polar surface area (TPSA) is 114 Å². The number of ether oxygens (including phenoxy) is 1. The van der Waals surface area contributed by atoms with Gasteiger partial charge < -0.3 is 9.84 Å². The molecule has 0 aliphatic heterocycles. The number of nitrogens with one attached hydrogen (secondary N) is 1. The number of hydrazone groups is 1. The van der Waals surface area contributed by atoms with Crippen molar-refractivity contribution in [3.8, 4) is 11.5 Å². The van der Waals surface area contributed by atoms with Crippen LogP contribution in [0, 0.1) is 10.1 Å². The molecule has 0 spiro atoms. The fourth-order valence-electron chi connectivity index (χ4n) is 1.80. The first-order valence-electron chi connectivity index (χ1n) is 6.46. The average Bonchev–Trinajstić information content (AvgIpc) is 2.56. The fraction of sp³-hybridized carbons (Fsp3) is 0.0667. The molecule has 1 amide bonds. The number of phenols is 1. The van der Waals surface area contributed by atoms with Gasteiger partial charge in [-0.15, -0.1) is 0 Å². The standard InChI is InChI=1S/C15H13N3O5/c1-23-13-8-10(7-12(14(13)19)18(21)22)9-16-17-15(20)11-5-3-2-4-6-11/h2-9,19H,1H3,(H,17,20)/b16-9+. The van der Waals surface area contributed by atoms with E-state index in [0.717, 1.165) is 6.07 Å². The molecule has 0 atom stereocenters. The number of aromatic hydroxyl groups is 1. The van der Waals surface area contributed by atoms with E-state index in [2.05, 4.69) is 10.5 Å². The van der Waals surface area contributed by atoms with E-state index in [1.165, 1.54) is 19.4 Å². The highest BCUT2D eigenvalue weighted by atomic mass is 16.6. The Morgan fingerprint density at radius 1 is 1.35 bits per heavy atom. The number of carbonyl (C=O) groups is 1. The van der Waals surface area contributed by atoms with Gasteiger partial charge in [-0.25, -0.2) is 5.43 Å². The van der Waals surface area contributed by atoms with Crippen molar-refractivity contribution < 1.29 is 19.6 Å². The van der Waals surface area contributed by atoms with Crippen molar-refractivity contribution >= 4 is 17.8 Å². The molecule has 2 rings (SSSR count). The van der Waals surface area contributed by atoms with Crippen molar-refractivity contribution in [3.05, 3.63) is 63.7 Å². The van der Waals surface area contributed by atoms with Crippen LogP contribution in [0.2, 0.25) is 0 Å². The van der Waals surface area contributed by atoms with E-state index < -0.39 is 22.3 Å². The first-order chi connectivity index (χ1) is 11.0. The number of phenolic OH excluding ortho intramolecular Hbond substituents is 1. The summed E-state index contributed by atoms with van der Waals surface area (Å²) in [6.07, 6.45) is 1.22. The third-order valence-electron chi connectivity index (χ3n) is 2.91. The number of hydrogen-bond donors (Lipinski definition) is 2. The second kappa shape index (κ2) is 7.03. The molecular weight excluding hydrogens is 302 g/mol. The van der Waals surface area contributed by atoms with Crippen LogP contribution in [0.15, 0.2) is 47.6 Å². The summed E-state index contributed by atoms with van der Waals surface area (Å²) in [7, 11) is 1.27. The van der Waals surface area contributed by atoms with Crippen molar-refractivity contribution in [3.63, 3.8) is 0 Å². The predicted molar refractivity (Wildman–Crippen MR) is 82.8 cm³/mol. The summed E-state index contributed by atoms with van der Waals surface area (Å²) in [5.74, 6) is -1.04. The summed E-state index contributed by atoms with van der Waals surface area (Å²) in [4.78, 5) is 21.9. The molecular formula is C15H13N3O5. The van der Waals surface area contributed by atoms with Crippen LogP contribution in [-0.2, 0) is 0 Å². The zero-order chi connectivity index (χ0) is 16.8. The summed E-state index contributed by atoms with van der Waals surface area (Å²) in [5, 5.41) is 24.3. The molecule has 0 aromatic heterocycles. The molecule has 0 heterocycles. The molecule has 8 heteroatoms. The van der Waals surface area contributed by atoms with Crippen molar-refractivity contribution in [1.82, 2.24) is 5.43 Å². The largest absolute Gasteiger partial charge is 0.500 e. The number of amides is 1. The molecule has 8 nitrogen and oxygen atoms in total. The molecule has 23 heavy (non-hydrogen) atoms. The maximum Gasteiger partial charge on any atom is 0.315 e. The number of carbonyl (C=O) groups excluding carboxylic acids is 1. The highest BCUT2D eigenvalue weighted by Crippen LogP contribution is 2.36. The van der Waals surface area contributed by atoms with Gasteiger partial charge in [0.15, 0.2) is 5.75 Å². The summed E-state index contributed by atoms with van der Waals surface area (Å²) in [6.45, 7) is 0. The summed E-state index contributed by atoms with van der Waals surface area (Å²) in [5.41, 5.74) is 2.51. The van der Waals surface area contributed by atoms with Gasteiger partial charge in [-0.2, -0.15) is 5.10 Å². The maximum atomic E-state index is 11.8. The van der Waals surface area contributed by atoms with Crippen molar-refractivity contribution in [2.24, 2.45) is 5.10 Å². The molecule has 0 fully saturated rings. The van der Waals surface area contributed by atoms with Gasteiger partial charge in [0.1, 0.15) is 0 Å². The normalized spacial score (nSPS) is 10.5. The summed E-state index contributed by atoms with van der Waals surface area (Å²) in [6, 6.07) is 10.9. The number of methoxy groups -OCH3 is 1.